The molecule has 0 bridgehead atoms. The van der Waals surface area contributed by atoms with E-state index < -0.39 is 0 Å². The maximum absolute atomic E-state index is 6.07. The quantitative estimate of drug-likeness (QED) is 0.751. The fraction of sp³-hybridized carbons (Fsp3) is 0.600. The minimum atomic E-state index is -0.178. The number of fused-ring (bicyclic) bond motifs is 1. The lowest BCUT2D eigenvalue weighted by molar-refractivity contribution is 0.154. The summed E-state index contributed by atoms with van der Waals surface area (Å²) in [6.45, 7) is 9.18. The largest absolute Gasteiger partial charge is 0.454 e. The SMILES string of the molecule is CCC1OC1(c1ccc2c(c1)OCO2)C(C)(C)C. The maximum atomic E-state index is 6.07. The van der Waals surface area contributed by atoms with Crippen LogP contribution >= 0.6 is 0 Å². The molecule has 1 fully saturated rings. The van der Waals surface area contributed by atoms with Crippen LogP contribution in [-0.2, 0) is 10.3 Å². The Balaban J connectivity index is 2.03. The van der Waals surface area contributed by atoms with Crippen LogP contribution in [0.1, 0.15) is 39.7 Å². The molecule has 2 atom stereocenters. The summed E-state index contributed by atoms with van der Waals surface area (Å²) in [4.78, 5) is 0. The van der Waals surface area contributed by atoms with Crippen LogP contribution in [0, 0.1) is 5.41 Å². The van der Waals surface area contributed by atoms with Gasteiger partial charge in [-0.25, -0.2) is 0 Å². The van der Waals surface area contributed by atoms with Crippen LogP contribution in [0.4, 0.5) is 0 Å². The van der Waals surface area contributed by atoms with E-state index in [1.165, 1.54) is 5.56 Å². The van der Waals surface area contributed by atoms with Crippen LogP contribution < -0.4 is 9.47 Å². The van der Waals surface area contributed by atoms with Gasteiger partial charge in [-0.3, -0.25) is 0 Å². The third-order valence-corrected chi connectivity index (χ3v) is 4.01. The molecule has 2 aliphatic heterocycles. The predicted octanol–water partition coefficient (Wildman–Crippen LogP) is 3.47. The highest BCUT2D eigenvalue weighted by Crippen LogP contribution is 2.59. The molecule has 2 aliphatic rings. The minimum absolute atomic E-state index is 0.0708. The van der Waals surface area contributed by atoms with Crippen molar-refractivity contribution >= 4 is 0 Å². The normalized spacial score (nSPS) is 29.4. The van der Waals surface area contributed by atoms with Crippen LogP contribution in [0.2, 0.25) is 0 Å². The Bertz CT molecular complexity index is 475. The summed E-state index contributed by atoms with van der Waals surface area (Å²) < 4.78 is 16.9. The average Bonchev–Trinajstić information content (AvgIpc) is 2.91. The van der Waals surface area contributed by atoms with Crippen molar-refractivity contribution in [1.82, 2.24) is 0 Å². The Morgan fingerprint density at radius 3 is 2.56 bits per heavy atom. The summed E-state index contributed by atoms with van der Waals surface area (Å²) in [5, 5.41) is 0. The molecule has 0 N–H and O–H groups in total. The third-order valence-electron chi connectivity index (χ3n) is 4.01. The number of rotatable bonds is 2. The van der Waals surface area contributed by atoms with Gasteiger partial charge in [0, 0.05) is 0 Å². The molecule has 0 spiro atoms. The van der Waals surface area contributed by atoms with Gasteiger partial charge in [-0.05, 0) is 29.5 Å². The molecule has 1 aromatic rings. The summed E-state index contributed by atoms with van der Waals surface area (Å²) in [5.74, 6) is 1.66. The fourth-order valence-corrected chi connectivity index (χ4v) is 3.04. The third kappa shape index (κ3) is 1.46. The number of benzene rings is 1. The second-order valence-electron chi connectivity index (χ2n) is 6.07. The molecule has 98 valence electrons. The van der Waals surface area contributed by atoms with Crippen LogP contribution in [0.3, 0.4) is 0 Å². The van der Waals surface area contributed by atoms with Crippen LogP contribution in [0.5, 0.6) is 11.5 Å². The van der Waals surface area contributed by atoms with Gasteiger partial charge in [0.15, 0.2) is 11.5 Å². The number of hydrogen-bond acceptors (Lipinski definition) is 3. The van der Waals surface area contributed by atoms with E-state index in [0.29, 0.717) is 12.9 Å². The van der Waals surface area contributed by atoms with Crippen LogP contribution in [0.15, 0.2) is 18.2 Å². The highest BCUT2D eigenvalue weighted by atomic mass is 16.7. The zero-order chi connectivity index (χ0) is 13.0. The zero-order valence-electron chi connectivity index (χ0n) is 11.4. The molecule has 1 saturated heterocycles. The van der Waals surface area contributed by atoms with Gasteiger partial charge in [0.2, 0.25) is 6.79 Å². The van der Waals surface area contributed by atoms with Gasteiger partial charge in [-0.15, -0.1) is 0 Å². The van der Waals surface area contributed by atoms with Crippen molar-refractivity contribution in [3.63, 3.8) is 0 Å². The van der Waals surface area contributed by atoms with Gasteiger partial charge >= 0.3 is 0 Å². The van der Waals surface area contributed by atoms with E-state index >= 15 is 0 Å². The smallest absolute Gasteiger partial charge is 0.231 e. The Morgan fingerprint density at radius 1 is 1.22 bits per heavy atom. The van der Waals surface area contributed by atoms with E-state index in [1.807, 2.05) is 6.07 Å². The summed E-state index contributed by atoms with van der Waals surface area (Å²) >= 11 is 0. The van der Waals surface area contributed by atoms with Crippen LogP contribution in [0.25, 0.3) is 0 Å². The monoisotopic (exact) mass is 248 g/mol. The molecule has 3 nitrogen and oxygen atoms in total. The number of epoxide rings is 1. The van der Waals surface area contributed by atoms with Gasteiger partial charge in [-0.1, -0.05) is 33.8 Å². The zero-order valence-corrected chi connectivity index (χ0v) is 11.4. The van der Waals surface area contributed by atoms with E-state index in [0.717, 1.165) is 17.9 Å². The van der Waals surface area contributed by atoms with Crippen molar-refractivity contribution in [3.8, 4) is 11.5 Å². The highest BCUT2D eigenvalue weighted by molar-refractivity contribution is 5.48. The van der Waals surface area contributed by atoms with E-state index in [4.69, 9.17) is 14.2 Å². The first-order chi connectivity index (χ1) is 8.49. The lowest BCUT2D eigenvalue weighted by Crippen LogP contribution is -2.30. The number of hydrogen-bond donors (Lipinski definition) is 0. The van der Waals surface area contributed by atoms with Gasteiger partial charge in [0.05, 0.1) is 6.10 Å². The van der Waals surface area contributed by atoms with Crippen LogP contribution in [-0.4, -0.2) is 12.9 Å². The van der Waals surface area contributed by atoms with Crippen molar-refractivity contribution in [2.75, 3.05) is 6.79 Å². The number of ether oxygens (including phenoxy) is 3. The van der Waals surface area contributed by atoms with Crippen molar-refractivity contribution in [1.29, 1.82) is 0 Å². The van der Waals surface area contributed by atoms with Gasteiger partial charge in [-0.2, -0.15) is 0 Å². The van der Waals surface area contributed by atoms with Crippen molar-refractivity contribution in [2.45, 2.75) is 45.8 Å². The van der Waals surface area contributed by atoms with Crippen molar-refractivity contribution in [2.24, 2.45) is 5.41 Å². The van der Waals surface area contributed by atoms with Gasteiger partial charge in [0.25, 0.3) is 0 Å². The standard InChI is InChI=1S/C15H20O3/c1-5-13-15(18-13,14(2,3)4)10-6-7-11-12(8-10)17-9-16-11/h6-8,13H,5,9H2,1-4H3. The second kappa shape index (κ2) is 3.64. The first kappa shape index (κ1) is 11.8. The van der Waals surface area contributed by atoms with Crippen molar-refractivity contribution < 1.29 is 14.2 Å². The van der Waals surface area contributed by atoms with E-state index in [9.17, 15) is 0 Å². The molecule has 1 aromatic carbocycles. The molecular formula is C15H20O3. The molecule has 3 rings (SSSR count). The minimum Gasteiger partial charge on any atom is -0.454 e. The first-order valence-corrected chi connectivity index (χ1v) is 6.57. The highest BCUT2D eigenvalue weighted by Gasteiger charge is 2.63. The molecular weight excluding hydrogens is 228 g/mol. The summed E-state index contributed by atoms with van der Waals surface area (Å²) in [5.41, 5.74) is 1.09. The molecule has 0 radical (unpaired) electrons. The molecule has 2 heterocycles. The molecule has 0 saturated carbocycles. The lowest BCUT2D eigenvalue weighted by Gasteiger charge is -2.29. The molecule has 2 unspecified atom stereocenters. The molecule has 18 heavy (non-hydrogen) atoms. The van der Waals surface area contributed by atoms with E-state index in [-0.39, 0.29) is 11.0 Å². The fourth-order valence-electron chi connectivity index (χ4n) is 3.04. The van der Waals surface area contributed by atoms with Gasteiger partial charge < -0.3 is 14.2 Å². The molecule has 0 amide bonds. The maximum Gasteiger partial charge on any atom is 0.231 e. The van der Waals surface area contributed by atoms with E-state index in [2.05, 4.69) is 39.8 Å². The molecule has 0 aliphatic carbocycles. The average molecular weight is 248 g/mol. The predicted molar refractivity (Wildman–Crippen MR) is 68.9 cm³/mol. The summed E-state index contributed by atoms with van der Waals surface area (Å²) in [6, 6.07) is 6.16. The second-order valence-corrected chi connectivity index (χ2v) is 6.07. The molecule has 0 aromatic heterocycles. The topological polar surface area (TPSA) is 31.0 Å². The lowest BCUT2D eigenvalue weighted by atomic mass is 9.73. The molecule has 3 heteroatoms. The summed E-state index contributed by atoms with van der Waals surface area (Å²) in [7, 11) is 0. The Hall–Kier alpha value is -1.22. The Labute approximate surface area is 108 Å². The summed E-state index contributed by atoms with van der Waals surface area (Å²) in [6.07, 6.45) is 1.34. The Morgan fingerprint density at radius 2 is 1.94 bits per heavy atom. The van der Waals surface area contributed by atoms with Gasteiger partial charge in [0.1, 0.15) is 5.60 Å². The Kier molecular flexibility index (Phi) is 2.39. The first-order valence-electron chi connectivity index (χ1n) is 6.57. The van der Waals surface area contributed by atoms with E-state index in [1.54, 1.807) is 0 Å². The van der Waals surface area contributed by atoms with Crippen molar-refractivity contribution in [3.05, 3.63) is 23.8 Å².